The van der Waals surface area contributed by atoms with E-state index in [0.29, 0.717) is 13.0 Å². The highest BCUT2D eigenvalue weighted by Crippen LogP contribution is 2.11. The van der Waals surface area contributed by atoms with Crippen LogP contribution in [0.3, 0.4) is 0 Å². The van der Waals surface area contributed by atoms with E-state index >= 15 is 0 Å². The molecule has 1 amide bonds. The molecule has 0 fully saturated rings. The quantitative estimate of drug-likeness (QED) is 0.655. The van der Waals surface area contributed by atoms with Crippen molar-refractivity contribution in [2.45, 2.75) is 13.5 Å². The number of aryl methyl sites for hydroxylation is 1. The molecule has 0 saturated heterocycles. The molecule has 2 nitrogen and oxygen atoms in total. The van der Waals surface area contributed by atoms with Crippen LogP contribution in [0.5, 0.6) is 0 Å². The van der Waals surface area contributed by atoms with Gasteiger partial charge in [-0.1, -0.05) is 0 Å². The summed E-state index contributed by atoms with van der Waals surface area (Å²) < 4.78 is 0. The van der Waals surface area contributed by atoms with Gasteiger partial charge in [0.05, 0.1) is 0 Å². The third-order valence-corrected chi connectivity index (χ3v) is 2.08. The second-order valence-electron chi connectivity index (χ2n) is 2.06. The average Bonchev–Trinajstić information content (AvgIpc) is 2.31. The number of carbonyl (C=O) groups is 1. The van der Waals surface area contributed by atoms with Crippen LogP contribution < -0.4 is 5.32 Å². The van der Waals surface area contributed by atoms with Gasteiger partial charge in [0.15, 0.2) is 0 Å². The Balaban J connectivity index is 2.49. The highest BCUT2D eigenvalue weighted by atomic mass is 32.1. The normalized spacial score (nSPS) is 9.30. The molecule has 0 atom stereocenters. The predicted molar refractivity (Wildman–Crippen MR) is 42.0 cm³/mol. The molecule has 0 aliphatic heterocycles. The minimum Gasteiger partial charge on any atom is -0.355 e. The number of thiophene rings is 1. The third kappa shape index (κ3) is 1.84. The highest BCUT2D eigenvalue weighted by Gasteiger charge is 1.92. The Labute approximate surface area is 63.9 Å². The molecule has 1 aromatic rings. The van der Waals surface area contributed by atoms with Gasteiger partial charge < -0.3 is 5.32 Å². The first-order valence-corrected chi connectivity index (χ1v) is 3.92. The lowest BCUT2D eigenvalue weighted by Gasteiger charge is -1.91. The Hall–Kier alpha value is -0.830. The Bertz CT molecular complexity index is 219. The van der Waals surface area contributed by atoms with Crippen LogP contribution >= 0.6 is 11.3 Å². The fraction of sp³-hybridized carbons (Fsp3) is 0.286. The molecule has 54 valence electrons. The Morgan fingerprint density at radius 2 is 2.60 bits per heavy atom. The molecule has 0 aliphatic rings. The van der Waals surface area contributed by atoms with Crippen molar-refractivity contribution in [3.05, 3.63) is 21.9 Å². The van der Waals surface area contributed by atoms with Gasteiger partial charge >= 0.3 is 0 Å². The summed E-state index contributed by atoms with van der Waals surface area (Å²) in [6.07, 6.45) is 0.715. The smallest absolute Gasteiger partial charge is 0.207 e. The summed E-state index contributed by atoms with van der Waals surface area (Å²) in [6.45, 7) is 2.70. The van der Waals surface area contributed by atoms with Crippen LogP contribution in [0.25, 0.3) is 0 Å². The van der Waals surface area contributed by atoms with Crippen LogP contribution in [0.1, 0.15) is 10.4 Å². The van der Waals surface area contributed by atoms with E-state index in [9.17, 15) is 4.79 Å². The maximum atomic E-state index is 9.88. The van der Waals surface area contributed by atoms with E-state index in [-0.39, 0.29) is 0 Å². The van der Waals surface area contributed by atoms with E-state index < -0.39 is 0 Å². The van der Waals surface area contributed by atoms with Crippen LogP contribution in [0.4, 0.5) is 0 Å². The summed E-state index contributed by atoms with van der Waals surface area (Å²) in [5.41, 5.74) is 1.18. The maximum absolute atomic E-state index is 9.88. The number of hydrogen-bond donors (Lipinski definition) is 1. The van der Waals surface area contributed by atoms with Crippen LogP contribution in [0.2, 0.25) is 0 Å². The number of rotatable bonds is 3. The van der Waals surface area contributed by atoms with E-state index in [2.05, 4.69) is 18.3 Å². The van der Waals surface area contributed by atoms with Crippen molar-refractivity contribution < 1.29 is 4.79 Å². The molecule has 0 bridgehead atoms. The van der Waals surface area contributed by atoms with E-state index in [1.54, 1.807) is 11.3 Å². The minimum absolute atomic E-state index is 0.647. The van der Waals surface area contributed by atoms with Gasteiger partial charge in [0.1, 0.15) is 0 Å². The zero-order chi connectivity index (χ0) is 7.40. The Morgan fingerprint density at radius 3 is 3.10 bits per heavy atom. The molecule has 10 heavy (non-hydrogen) atoms. The lowest BCUT2D eigenvalue weighted by Crippen LogP contribution is -2.08. The van der Waals surface area contributed by atoms with Gasteiger partial charge in [0.25, 0.3) is 0 Å². The van der Waals surface area contributed by atoms with Gasteiger partial charge in [-0.25, -0.2) is 0 Å². The molecule has 1 aromatic heterocycles. The summed E-state index contributed by atoms with van der Waals surface area (Å²) in [6, 6.07) is 2.07. The summed E-state index contributed by atoms with van der Waals surface area (Å²) in [4.78, 5) is 11.2. The fourth-order valence-electron chi connectivity index (χ4n) is 0.750. The topological polar surface area (TPSA) is 29.1 Å². The second kappa shape index (κ2) is 3.37. The summed E-state index contributed by atoms with van der Waals surface area (Å²) >= 11 is 1.70. The molecule has 0 aliphatic carbocycles. The maximum Gasteiger partial charge on any atom is 0.207 e. The zero-order valence-electron chi connectivity index (χ0n) is 5.76. The van der Waals surface area contributed by atoms with Gasteiger partial charge in [-0.2, -0.15) is 0 Å². The number of hydrogen-bond acceptors (Lipinski definition) is 2. The molecule has 0 unspecified atom stereocenters. The van der Waals surface area contributed by atoms with Crippen molar-refractivity contribution in [3.8, 4) is 0 Å². The third-order valence-electron chi connectivity index (χ3n) is 1.17. The van der Waals surface area contributed by atoms with Gasteiger partial charge in [-0.05, 0) is 23.9 Å². The van der Waals surface area contributed by atoms with Crippen LogP contribution in [0, 0.1) is 6.92 Å². The fourth-order valence-corrected chi connectivity index (χ4v) is 1.46. The van der Waals surface area contributed by atoms with Crippen molar-refractivity contribution in [1.82, 2.24) is 5.32 Å². The molecule has 1 rings (SSSR count). The van der Waals surface area contributed by atoms with E-state index in [1.807, 2.05) is 5.38 Å². The van der Waals surface area contributed by atoms with Crippen molar-refractivity contribution in [2.24, 2.45) is 0 Å². The largest absolute Gasteiger partial charge is 0.355 e. The first-order valence-electron chi connectivity index (χ1n) is 3.04. The van der Waals surface area contributed by atoms with Gasteiger partial charge in [0.2, 0.25) is 6.41 Å². The van der Waals surface area contributed by atoms with Crippen molar-refractivity contribution in [1.29, 1.82) is 0 Å². The Morgan fingerprint density at radius 1 is 1.80 bits per heavy atom. The lowest BCUT2D eigenvalue weighted by atomic mass is 10.3. The minimum atomic E-state index is 0.647. The predicted octanol–water partition coefficient (Wildman–Crippen LogP) is 1.30. The number of carbonyl (C=O) groups excluding carboxylic acids is 1. The summed E-state index contributed by atoms with van der Waals surface area (Å²) in [5.74, 6) is 0. The molecule has 0 radical (unpaired) electrons. The van der Waals surface area contributed by atoms with Crippen LogP contribution in [-0.2, 0) is 11.3 Å². The zero-order valence-corrected chi connectivity index (χ0v) is 6.57. The first kappa shape index (κ1) is 7.28. The molecular weight excluding hydrogens is 146 g/mol. The molecule has 0 aromatic carbocycles. The molecule has 1 N–H and O–H groups in total. The SMILES string of the molecule is Cc1cc(CNC=O)cs1. The first-order chi connectivity index (χ1) is 4.83. The lowest BCUT2D eigenvalue weighted by molar-refractivity contribution is -0.109. The Kier molecular flexibility index (Phi) is 2.45. The molecule has 1 heterocycles. The summed E-state index contributed by atoms with van der Waals surface area (Å²) in [5, 5.41) is 4.65. The van der Waals surface area contributed by atoms with Crippen LogP contribution in [-0.4, -0.2) is 6.41 Å². The van der Waals surface area contributed by atoms with Gasteiger partial charge in [-0.15, -0.1) is 11.3 Å². The standard InChI is InChI=1S/C7H9NOS/c1-6-2-7(4-10-6)3-8-5-9/h2,4-5H,3H2,1H3,(H,8,9). The van der Waals surface area contributed by atoms with E-state index in [0.717, 1.165) is 0 Å². The van der Waals surface area contributed by atoms with Gasteiger partial charge in [0, 0.05) is 11.4 Å². The monoisotopic (exact) mass is 155 g/mol. The average molecular weight is 155 g/mol. The molecule has 3 heteroatoms. The highest BCUT2D eigenvalue weighted by molar-refractivity contribution is 7.10. The number of amides is 1. The van der Waals surface area contributed by atoms with Crippen LogP contribution in [0.15, 0.2) is 11.4 Å². The van der Waals surface area contributed by atoms with Crippen molar-refractivity contribution in [3.63, 3.8) is 0 Å². The molecular formula is C7H9NOS. The van der Waals surface area contributed by atoms with Gasteiger partial charge in [-0.3, -0.25) is 4.79 Å². The molecule has 0 saturated carbocycles. The molecule has 0 spiro atoms. The second-order valence-corrected chi connectivity index (χ2v) is 3.18. The summed E-state index contributed by atoms with van der Waals surface area (Å²) in [7, 11) is 0. The van der Waals surface area contributed by atoms with Crippen molar-refractivity contribution >= 4 is 17.7 Å². The van der Waals surface area contributed by atoms with E-state index in [4.69, 9.17) is 0 Å². The van der Waals surface area contributed by atoms with E-state index in [1.165, 1.54) is 10.4 Å². The van der Waals surface area contributed by atoms with Crippen molar-refractivity contribution in [2.75, 3.05) is 0 Å². The number of nitrogens with one attached hydrogen (secondary N) is 1.